The Morgan fingerprint density at radius 1 is 1.12 bits per heavy atom. The first-order valence-corrected chi connectivity index (χ1v) is 9.47. The van der Waals surface area contributed by atoms with Crippen LogP contribution in [0, 0.1) is 5.82 Å². The van der Waals surface area contributed by atoms with Gasteiger partial charge in [0.25, 0.3) is 0 Å². The Morgan fingerprint density at radius 2 is 1.84 bits per heavy atom. The second-order valence-electron chi connectivity index (χ2n) is 6.93. The third-order valence-corrected chi connectivity index (χ3v) is 5.41. The molecule has 2 N–H and O–H groups in total. The van der Waals surface area contributed by atoms with E-state index in [4.69, 9.17) is 5.73 Å². The van der Waals surface area contributed by atoms with E-state index < -0.39 is 0 Å². The van der Waals surface area contributed by atoms with Gasteiger partial charge in [-0.15, -0.1) is 0 Å². The van der Waals surface area contributed by atoms with Crippen LogP contribution in [0.25, 0.3) is 0 Å². The van der Waals surface area contributed by atoms with Gasteiger partial charge in [0.1, 0.15) is 5.82 Å². The van der Waals surface area contributed by atoms with Gasteiger partial charge in [-0.3, -0.25) is 9.89 Å². The quantitative estimate of drug-likeness (QED) is 0.670. The molecule has 1 atom stereocenters. The monoisotopic (exact) mass is 347 g/mol. The zero-order valence-electron chi connectivity index (χ0n) is 15.2. The maximum atomic E-state index is 13.1. The fraction of sp³-hybridized carbons (Fsp3) is 0.632. The highest BCUT2D eigenvalue weighted by Crippen LogP contribution is 2.18. The number of likely N-dealkylation sites (tertiary alicyclic amines) is 1. The van der Waals surface area contributed by atoms with Crippen molar-refractivity contribution < 1.29 is 4.39 Å². The molecule has 0 saturated carbocycles. The second-order valence-corrected chi connectivity index (χ2v) is 6.93. The van der Waals surface area contributed by atoms with E-state index in [0.717, 1.165) is 45.0 Å². The van der Waals surface area contributed by atoms with Crippen molar-refractivity contribution in [2.45, 2.75) is 32.2 Å². The van der Waals surface area contributed by atoms with E-state index in [1.54, 1.807) is 0 Å². The Kier molecular flexibility index (Phi) is 6.13. The number of guanidine groups is 1. The van der Waals surface area contributed by atoms with Crippen molar-refractivity contribution in [2.75, 3.05) is 50.7 Å². The standard InChI is InChI=1S/C19H30FN5/c1-2-23-10-4-3-5-18(23)15-22-19(21)25-13-11-24(12-14-25)17-8-6-16(20)7-9-17/h6-9,18H,2-5,10-15H2,1H3,(H2,21,22). The molecule has 25 heavy (non-hydrogen) atoms. The Bertz CT molecular complexity index is 566. The van der Waals surface area contributed by atoms with Gasteiger partial charge in [0, 0.05) is 37.9 Å². The minimum Gasteiger partial charge on any atom is -0.370 e. The lowest BCUT2D eigenvalue weighted by molar-refractivity contribution is 0.161. The van der Waals surface area contributed by atoms with Crippen molar-refractivity contribution in [1.82, 2.24) is 9.80 Å². The molecule has 3 rings (SSSR count). The van der Waals surface area contributed by atoms with Crippen molar-refractivity contribution in [3.8, 4) is 0 Å². The van der Waals surface area contributed by atoms with Crippen LogP contribution in [0.15, 0.2) is 29.3 Å². The SMILES string of the molecule is CCN1CCCCC1CN=C(N)N1CCN(c2ccc(F)cc2)CC1. The van der Waals surface area contributed by atoms with Crippen molar-refractivity contribution in [3.05, 3.63) is 30.1 Å². The number of hydrogen-bond acceptors (Lipinski definition) is 3. The number of benzene rings is 1. The molecule has 1 aromatic carbocycles. The first kappa shape index (κ1) is 18.0. The molecule has 0 spiro atoms. The molecule has 0 bridgehead atoms. The number of aliphatic imine (C=N–C) groups is 1. The fourth-order valence-corrected chi connectivity index (χ4v) is 3.83. The third-order valence-electron chi connectivity index (χ3n) is 5.41. The molecule has 2 aliphatic rings. The van der Waals surface area contributed by atoms with Crippen LogP contribution in [0.5, 0.6) is 0 Å². The van der Waals surface area contributed by atoms with Crippen molar-refractivity contribution in [2.24, 2.45) is 10.7 Å². The average molecular weight is 347 g/mol. The summed E-state index contributed by atoms with van der Waals surface area (Å²) >= 11 is 0. The van der Waals surface area contributed by atoms with Crippen LogP contribution < -0.4 is 10.6 Å². The highest BCUT2D eigenvalue weighted by molar-refractivity contribution is 5.78. The maximum absolute atomic E-state index is 13.1. The first-order chi connectivity index (χ1) is 12.2. The molecule has 0 amide bonds. The molecule has 5 nitrogen and oxygen atoms in total. The predicted molar refractivity (Wildman–Crippen MR) is 102 cm³/mol. The molecule has 2 aliphatic heterocycles. The van der Waals surface area contributed by atoms with Crippen molar-refractivity contribution >= 4 is 11.6 Å². The number of nitrogens with two attached hydrogens (primary N) is 1. The van der Waals surface area contributed by atoms with E-state index in [2.05, 4.69) is 26.6 Å². The summed E-state index contributed by atoms with van der Waals surface area (Å²) in [5.41, 5.74) is 7.31. The molecule has 1 unspecified atom stereocenters. The Hall–Kier alpha value is -1.82. The van der Waals surface area contributed by atoms with Gasteiger partial charge in [0.15, 0.2) is 5.96 Å². The number of anilines is 1. The van der Waals surface area contributed by atoms with Crippen LogP contribution in [-0.4, -0.2) is 67.6 Å². The number of piperidine rings is 1. The molecule has 2 fully saturated rings. The predicted octanol–water partition coefficient (Wildman–Crippen LogP) is 2.14. The van der Waals surface area contributed by atoms with Crippen LogP contribution in [0.4, 0.5) is 10.1 Å². The molecule has 138 valence electrons. The van der Waals surface area contributed by atoms with Gasteiger partial charge in [0.2, 0.25) is 0 Å². The van der Waals surface area contributed by atoms with Crippen LogP contribution in [0.1, 0.15) is 26.2 Å². The van der Waals surface area contributed by atoms with Gasteiger partial charge in [0.05, 0.1) is 6.54 Å². The van der Waals surface area contributed by atoms with Crippen LogP contribution in [-0.2, 0) is 0 Å². The fourth-order valence-electron chi connectivity index (χ4n) is 3.83. The summed E-state index contributed by atoms with van der Waals surface area (Å²) in [4.78, 5) is 11.6. The van der Waals surface area contributed by atoms with Crippen LogP contribution in [0.3, 0.4) is 0 Å². The van der Waals surface area contributed by atoms with E-state index in [1.165, 1.54) is 37.9 Å². The van der Waals surface area contributed by atoms with Crippen LogP contribution >= 0.6 is 0 Å². The average Bonchev–Trinajstić information content (AvgIpc) is 2.67. The topological polar surface area (TPSA) is 48.1 Å². The Labute approximate surface area is 150 Å². The third kappa shape index (κ3) is 4.63. The van der Waals surface area contributed by atoms with Crippen LogP contribution in [0.2, 0.25) is 0 Å². The Morgan fingerprint density at radius 3 is 2.52 bits per heavy atom. The molecule has 0 aromatic heterocycles. The molecular weight excluding hydrogens is 317 g/mol. The smallest absolute Gasteiger partial charge is 0.191 e. The highest BCUT2D eigenvalue weighted by atomic mass is 19.1. The molecule has 2 heterocycles. The van der Waals surface area contributed by atoms with Gasteiger partial charge in [-0.1, -0.05) is 13.3 Å². The van der Waals surface area contributed by atoms with E-state index in [1.807, 2.05) is 12.1 Å². The zero-order valence-corrected chi connectivity index (χ0v) is 15.2. The number of halogens is 1. The first-order valence-electron chi connectivity index (χ1n) is 9.47. The van der Waals surface area contributed by atoms with Gasteiger partial charge >= 0.3 is 0 Å². The minimum absolute atomic E-state index is 0.192. The summed E-state index contributed by atoms with van der Waals surface area (Å²) < 4.78 is 13.1. The molecule has 0 radical (unpaired) electrons. The van der Waals surface area contributed by atoms with Gasteiger partial charge < -0.3 is 15.5 Å². The number of piperazine rings is 1. The largest absolute Gasteiger partial charge is 0.370 e. The van der Waals surface area contributed by atoms with E-state index in [0.29, 0.717) is 12.0 Å². The van der Waals surface area contributed by atoms with E-state index in [9.17, 15) is 4.39 Å². The summed E-state index contributed by atoms with van der Waals surface area (Å²) in [6, 6.07) is 7.25. The van der Waals surface area contributed by atoms with Gasteiger partial charge in [-0.2, -0.15) is 0 Å². The van der Waals surface area contributed by atoms with Crippen molar-refractivity contribution in [3.63, 3.8) is 0 Å². The number of rotatable bonds is 4. The molecule has 0 aliphatic carbocycles. The van der Waals surface area contributed by atoms with Gasteiger partial charge in [-0.05, 0) is 50.2 Å². The summed E-state index contributed by atoms with van der Waals surface area (Å²) in [6.45, 7) is 8.78. The van der Waals surface area contributed by atoms with E-state index >= 15 is 0 Å². The molecular formula is C19H30FN5. The molecule has 1 aromatic rings. The summed E-state index contributed by atoms with van der Waals surface area (Å²) in [5, 5.41) is 0. The number of nitrogens with zero attached hydrogens (tertiary/aromatic N) is 4. The lowest BCUT2D eigenvalue weighted by Gasteiger charge is -2.37. The molecule has 6 heteroatoms. The number of hydrogen-bond donors (Lipinski definition) is 1. The lowest BCUT2D eigenvalue weighted by Crippen LogP contribution is -2.51. The summed E-state index contributed by atoms with van der Waals surface area (Å²) in [6.07, 6.45) is 3.82. The zero-order chi connectivity index (χ0) is 17.6. The Balaban J connectivity index is 1.50. The van der Waals surface area contributed by atoms with E-state index in [-0.39, 0.29) is 5.82 Å². The minimum atomic E-state index is -0.192. The highest BCUT2D eigenvalue weighted by Gasteiger charge is 2.22. The second kappa shape index (κ2) is 8.52. The lowest BCUT2D eigenvalue weighted by atomic mass is 10.0. The summed E-state index contributed by atoms with van der Waals surface area (Å²) in [7, 11) is 0. The van der Waals surface area contributed by atoms with Crippen molar-refractivity contribution in [1.29, 1.82) is 0 Å². The van der Waals surface area contributed by atoms with Gasteiger partial charge in [-0.25, -0.2) is 4.39 Å². The summed E-state index contributed by atoms with van der Waals surface area (Å²) in [5.74, 6) is 0.475. The maximum Gasteiger partial charge on any atom is 0.191 e. The number of likely N-dealkylation sites (N-methyl/N-ethyl adjacent to an activating group) is 1. The normalized spacial score (nSPS) is 23.1. The molecule has 2 saturated heterocycles.